The Morgan fingerprint density at radius 3 is 2.21 bits per heavy atom. The molecule has 5 heteroatoms. The minimum Gasteiger partial charge on any atom is -0.351 e. The molecule has 0 bridgehead atoms. The van der Waals surface area contributed by atoms with Crippen LogP contribution in [0.3, 0.4) is 0 Å². The summed E-state index contributed by atoms with van der Waals surface area (Å²) in [4.78, 5) is 19.7. The molecule has 0 unspecified atom stereocenters. The molecule has 166 valence electrons. The highest BCUT2D eigenvalue weighted by Crippen LogP contribution is 2.24. The van der Waals surface area contributed by atoms with Crippen LogP contribution in [0.4, 0.5) is 11.4 Å². The number of hydrogen-bond acceptors (Lipinski definition) is 3. The number of imidazole rings is 1. The molecule has 0 atom stereocenters. The summed E-state index contributed by atoms with van der Waals surface area (Å²) in [5, 5.41) is 2.94. The van der Waals surface area contributed by atoms with Gasteiger partial charge in [0.05, 0.1) is 11.0 Å². The van der Waals surface area contributed by atoms with Gasteiger partial charge in [-0.15, -0.1) is 0 Å². The van der Waals surface area contributed by atoms with Crippen molar-refractivity contribution in [3.8, 4) is 5.69 Å². The van der Waals surface area contributed by atoms with Crippen molar-refractivity contribution in [1.82, 2.24) is 9.55 Å². The van der Waals surface area contributed by atoms with E-state index < -0.39 is 0 Å². The fourth-order valence-corrected chi connectivity index (χ4v) is 3.85. The number of carbonyl (C=O) groups excluding carboxylic acids is 1. The minimum absolute atomic E-state index is 0.164. The van der Waals surface area contributed by atoms with E-state index in [-0.39, 0.29) is 5.91 Å². The Hall–Kier alpha value is -4.64. The van der Waals surface area contributed by atoms with Crippen LogP contribution in [0.15, 0.2) is 115 Å². The summed E-state index contributed by atoms with van der Waals surface area (Å²) in [5.41, 5.74) is 5.10. The Bertz CT molecular complexity index is 1440. The second-order valence-corrected chi connectivity index (χ2v) is 7.93. The van der Waals surface area contributed by atoms with Crippen LogP contribution in [-0.4, -0.2) is 22.5 Å². The number of rotatable bonds is 6. The average molecular weight is 445 g/mol. The zero-order valence-electron chi connectivity index (χ0n) is 18.8. The summed E-state index contributed by atoms with van der Waals surface area (Å²) >= 11 is 0. The van der Waals surface area contributed by atoms with E-state index in [1.807, 2.05) is 109 Å². The lowest BCUT2D eigenvalue weighted by atomic mass is 10.1. The largest absolute Gasteiger partial charge is 0.351 e. The van der Waals surface area contributed by atoms with Crippen molar-refractivity contribution in [2.75, 3.05) is 17.3 Å². The van der Waals surface area contributed by atoms with Crippen LogP contribution < -0.4 is 10.2 Å². The molecule has 1 amide bonds. The number of para-hydroxylation sites is 3. The molecule has 5 nitrogen and oxygen atoms in total. The van der Waals surface area contributed by atoms with Gasteiger partial charge in [-0.3, -0.25) is 9.36 Å². The fraction of sp³-hybridized carbons (Fsp3) is 0.0345. The van der Waals surface area contributed by atoms with Gasteiger partial charge in [0.1, 0.15) is 5.82 Å². The Kier molecular flexibility index (Phi) is 5.91. The van der Waals surface area contributed by atoms with Crippen molar-refractivity contribution < 1.29 is 4.79 Å². The van der Waals surface area contributed by atoms with E-state index in [0.717, 1.165) is 33.9 Å². The van der Waals surface area contributed by atoms with Crippen molar-refractivity contribution in [3.05, 3.63) is 127 Å². The van der Waals surface area contributed by atoms with Gasteiger partial charge in [-0.05, 0) is 60.7 Å². The molecule has 1 heterocycles. The van der Waals surface area contributed by atoms with Crippen LogP contribution in [0.1, 0.15) is 16.2 Å². The van der Waals surface area contributed by atoms with E-state index in [1.54, 1.807) is 0 Å². The van der Waals surface area contributed by atoms with Crippen molar-refractivity contribution in [2.45, 2.75) is 0 Å². The van der Waals surface area contributed by atoms with Crippen LogP contribution in [0, 0.1) is 0 Å². The predicted molar refractivity (Wildman–Crippen MR) is 139 cm³/mol. The fourth-order valence-electron chi connectivity index (χ4n) is 3.85. The first-order valence-electron chi connectivity index (χ1n) is 11.1. The lowest BCUT2D eigenvalue weighted by Crippen LogP contribution is -2.11. The third-order valence-corrected chi connectivity index (χ3v) is 5.60. The van der Waals surface area contributed by atoms with Crippen molar-refractivity contribution in [2.24, 2.45) is 0 Å². The van der Waals surface area contributed by atoms with E-state index in [2.05, 4.69) is 34.1 Å². The van der Waals surface area contributed by atoms with Gasteiger partial charge in [0.15, 0.2) is 0 Å². The lowest BCUT2D eigenvalue weighted by Gasteiger charge is -2.14. The highest BCUT2D eigenvalue weighted by Gasteiger charge is 2.14. The first-order chi connectivity index (χ1) is 16.7. The third-order valence-electron chi connectivity index (χ3n) is 5.60. The van der Waals surface area contributed by atoms with E-state index in [4.69, 9.17) is 4.98 Å². The van der Waals surface area contributed by atoms with Crippen molar-refractivity contribution in [3.63, 3.8) is 0 Å². The van der Waals surface area contributed by atoms with Crippen molar-refractivity contribution >= 4 is 34.4 Å². The van der Waals surface area contributed by atoms with Gasteiger partial charge in [0.2, 0.25) is 0 Å². The van der Waals surface area contributed by atoms with E-state index in [1.165, 1.54) is 0 Å². The van der Waals surface area contributed by atoms with Crippen LogP contribution >= 0.6 is 0 Å². The topological polar surface area (TPSA) is 50.2 Å². The second kappa shape index (κ2) is 9.46. The molecule has 0 spiro atoms. The molecular weight excluding hydrogens is 420 g/mol. The molecular formula is C29H24N4O. The quantitative estimate of drug-likeness (QED) is 0.330. The average Bonchev–Trinajstić information content (AvgIpc) is 3.26. The molecule has 0 saturated heterocycles. The van der Waals surface area contributed by atoms with Gasteiger partial charge in [-0.25, -0.2) is 4.98 Å². The van der Waals surface area contributed by atoms with Gasteiger partial charge in [-0.1, -0.05) is 54.6 Å². The summed E-state index contributed by atoms with van der Waals surface area (Å²) in [7, 11) is 2.01. The Balaban J connectivity index is 1.53. The number of fused-ring (bicyclic) bond motifs is 1. The third kappa shape index (κ3) is 4.45. The SMILES string of the molecule is CN(/C=C/c1nc2cc(C(=O)Nc3ccccc3)ccc2n1-c1ccccc1)c1ccccc1. The Labute approximate surface area is 198 Å². The number of nitrogens with one attached hydrogen (secondary N) is 1. The molecule has 1 N–H and O–H groups in total. The van der Waals surface area contributed by atoms with E-state index >= 15 is 0 Å². The van der Waals surface area contributed by atoms with Crippen molar-refractivity contribution in [1.29, 1.82) is 0 Å². The monoisotopic (exact) mass is 444 g/mol. The summed E-state index contributed by atoms with van der Waals surface area (Å²) < 4.78 is 2.10. The molecule has 4 aromatic carbocycles. The van der Waals surface area contributed by atoms with Crippen LogP contribution in [0.5, 0.6) is 0 Å². The molecule has 0 aliphatic heterocycles. The van der Waals surface area contributed by atoms with Crippen LogP contribution in [-0.2, 0) is 0 Å². The number of carbonyl (C=O) groups is 1. The Morgan fingerprint density at radius 1 is 0.853 bits per heavy atom. The number of benzene rings is 4. The lowest BCUT2D eigenvalue weighted by molar-refractivity contribution is 0.102. The van der Waals surface area contributed by atoms with E-state index in [9.17, 15) is 4.79 Å². The first-order valence-corrected chi connectivity index (χ1v) is 11.1. The number of nitrogens with zero attached hydrogens (tertiary/aromatic N) is 3. The highest BCUT2D eigenvalue weighted by atomic mass is 16.1. The summed E-state index contributed by atoms with van der Waals surface area (Å²) in [5.74, 6) is 0.618. The molecule has 0 radical (unpaired) electrons. The molecule has 0 aliphatic carbocycles. The molecule has 0 aliphatic rings. The Morgan fingerprint density at radius 2 is 1.50 bits per heavy atom. The van der Waals surface area contributed by atoms with E-state index in [0.29, 0.717) is 5.56 Å². The van der Waals surface area contributed by atoms with Gasteiger partial charge in [0.25, 0.3) is 5.91 Å². The normalized spacial score (nSPS) is 11.1. The second-order valence-electron chi connectivity index (χ2n) is 7.93. The van der Waals surface area contributed by atoms with Gasteiger partial charge < -0.3 is 10.2 Å². The molecule has 5 rings (SSSR count). The zero-order chi connectivity index (χ0) is 23.3. The standard InChI is InChI=1S/C29H24N4O/c1-32(24-13-7-3-8-14-24)20-19-28-31-26-21-22(29(34)30-23-11-5-2-6-12-23)17-18-27(26)33(28)25-15-9-4-10-16-25/h2-21H,1H3,(H,30,34)/b20-19+. The molecule has 0 fully saturated rings. The molecule has 1 aromatic heterocycles. The highest BCUT2D eigenvalue weighted by molar-refractivity contribution is 6.06. The number of aromatic nitrogens is 2. The molecule has 34 heavy (non-hydrogen) atoms. The summed E-state index contributed by atoms with van der Waals surface area (Å²) in [6.45, 7) is 0. The maximum absolute atomic E-state index is 12.8. The molecule has 5 aromatic rings. The van der Waals surface area contributed by atoms with Gasteiger partial charge >= 0.3 is 0 Å². The predicted octanol–water partition coefficient (Wildman–Crippen LogP) is 6.38. The minimum atomic E-state index is -0.164. The molecule has 0 saturated carbocycles. The van der Waals surface area contributed by atoms with Crippen LogP contribution in [0.2, 0.25) is 0 Å². The number of amides is 1. The van der Waals surface area contributed by atoms with Gasteiger partial charge in [-0.2, -0.15) is 0 Å². The maximum Gasteiger partial charge on any atom is 0.255 e. The number of anilines is 2. The summed E-state index contributed by atoms with van der Waals surface area (Å²) in [6.07, 6.45) is 3.99. The first kappa shape index (κ1) is 21.2. The van der Waals surface area contributed by atoms with Gasteiger partial charge in [0, 0.05) is 35.9 Å². The summed E-state index contributed by atoms with van der Waals surface area (Å²) in [6, 6.07) is 35.3. The number of hydrogen-bond donors (Lipinski definition) is 1. The smallest absolute Gasteiger partial charge is 0.255 e. The zero-order valence-corrected chi connectivity index (χ0v) is 18.8. The van der Waals surface area contributed by atoms with Crippen LogP contribution in [0.25, 0.3) is 22.8 Å². The maximum atomic E-state index is 12.8.